The van der Waals surface area contributed by atoms with Crippen LogP contribution in [0.25, 0.3) is 10.9 Å². The molecule has 5 heteroatoms. The maximum Gasteiger partial charge on any atom is 0.255 e. The molecule has 0 fully saturated rings. The number of benzene rings is 3. The molecule has 0 aliphatic carbocycles. The smallest absolute Gasteiger partial charge is 0.255 e. The normalized spacial score (nSPS) is 10.8. The van der Waals surface area contributed by atoms with E-state index in [1.165, 1.54) is 29.8 Å². The van der Waals surface area contributed by atoms with Crippen LogP contribution in [0.5, 0.6) is 11.5 Å². The lowest BCUT2D eigenvalue weighted by Gasteiger charge is -2.09. The van der Waals surface area contributed by atoms with Gasteiger partial charge in [-0.1, -0.05) is 6.07 Å². The summed E-state index contributed by atoms with van der Waals surface area (Å²) in [6, 6.07) is 18.4. The van der Waals surface area contributed by atoms with Gasteiger partial charge in [-0.15, -0.1) is 0 Å². The van der Waals surface area contributed by atoms with Crippen LogP contribution in [-0.2, 0) is 0 Å². The summed E-state index contributed by atoms with van der Waals surface area (Å²) in [5.74, 6) is 0.629. The molecule has 2 N–H and O–H groups in total. The van der Waals surface area contributed by atoms with Crippen LogP contribution in [0.4, 0.5) is 10.1 Å². The first-order valence-electron chi connectivity index (χ1n) is 8.93. The fraction of sp³-hybridized carbons (Fsp3) is 0.0870. The molecule has 0 saturated heterocycles. The van der Waals surface area contributed by atoms with Gasteiger partial charge in [-0.3, -0.25) is 4.79 Å². The number of carbonyl (C=O) groups excluding carboxylic acids is 1. The van der Waals surface area contributed by atoms with E-state index in [1.807, 2.05) is 25.1 Å². The second kappa shape index (κ2) is 7.19. The number of carbonyl (C=O) groups is 1. The number of hydrogen-bond donors (Lipinski definition) is 2. The number of anilines is 1. The number of aromatic amines is 1. The van der Waals surface area contributed by atoms with Crippen LogP contribution in [0.3, 0.4) is 0 Å². The Labute approximate surface area is 162 Å². The molecule has 1 amide bonds. The zero-order valence-corrected chi connectivity index (χ0v) is 15.5. The SMILES string of the molecule is Cc1[nH]c2ccc(Oc3cccc(C(=O)Nc4ccc(F)cc4)c3)cc2c1C. The van der Waals surface area contributed by atoms with Crippen molar-refractivity contribution in [3.8, 4) is 11.5 Å². The molecule has 0 radical (unpaired) electrons. The van der Waals surface area contributed by atoms with Crippen LogP contribution in [0.1, 0.15) is 21.6 Å². The molecule has 28 heavy (non-hydrogen) atoms. The fourth-order valence-electron chi connectivity index (χ4n) is 3.08. The summed E-state index contributed by atoms with van der Waals surface area (Å²) in [5.41, 5.74) is 4.37. The van der Waals surface area contributed by atoms with Crippen molar-refractivity contribution in [3.63, 3.8) is 0 Å². The predicted octanol–water partition coefficient (Wildman–Crippen LogP) is 5.97. The monoisotopic (exact) mass is 374 g/mol. The average molecular weight is 374 g/mol. The topological polar surface area (TPSA) is 54.1 Å². The Morgan fingerprint density at radius 1 is 0.964 bits per heavy atom. The molecule has 0 bridgehead atoms. The number of amides is 1. The van der Waals surface area contributed by atoms with E-state index in [4.69, 9.17) is 4.74 Å². The van der Waals surface area contributed by atoms with E-state index in [2.05, 4.69) is 17.2 Å². The lowest BCUT2D eigenvalue weighted by molar-refractivity contribution is 0.102. The van der Waals surface area contributed by atoms with E-state index in [0.29, 0.717) is 22.7 Å². The Morgan fingerprint density at radius 3 is 2.50 bits per heavy atom. The van der Waals surface area contributed by atoms with Crippen molar-refractivity contribution in [3.05, 3.63) is 89.4 Å². The Kier molecular flexibility index (Phi) is 4.57. The molecular weight excluding hydrogens is 355 g/mol. The zero-order chi connectivity index (χ0) is 19.7. The second-order valence-corrected chi connectivity index (χ2v) is 6.67. The van der Waals surface area contributed by atoms with Gasteiger partial charge in [0.2, 0.25) is 0 Å². The third kappa shape index (κ3) is 3.60. The van der Waals surface area contributed by atoms with E-state index in [0.717, 1.165) is 16.6 Å². The molecule has 0 aliphatic heterocycles. The van der Waals surface area contributed by atoms with Crippen LogP contribution in [0.15, 0.2) is 66.7 Å². The molecule has 3 aromatic carbocycles. The molecule has 0 aliphatic rings. The number of aromatic nitrogens is 1. The van der Waals surface area contributed by atoms with Crippen molar-refractivity contribution in [2.45, 2.75) is 13.8 Å². The lowest BCUT2D eigenvalue weighted by Crippen LogP contribution is -2.11. The van der Waals surface area contributed by atoms with Gasteiger partial charge in [-0.25, -0.2) is 4.39 Å². The maximum absolute atomic E-state index is 13.0. The third-order valence-electron chi connectivity index (χ3n) is 4.71. The van der Waals surface area contributed by atoms with Crippen LogP contribution >= 0.6 is 0 Å². The number of nitrogens with one attached hydrogen (secondary N) is 2. The first-order chi connectivity index (χ1) is 13.5. The highest BCUT2D eigenvalue weighted by atomic mass is 19.1. The van der Waals surface area contributed by atoms with Gasteiger partial charge in [-0.05, 0) is 80.1 Å². The maximum atomic E-state index is 13.0. The Bertz CT molecular complexity index is 1160. The highest BCUT2D eigenvalue weighted by molar-refractivity contribution is 6.04. The van der Waals surface area contributed by atoms with Crippen molar-refractivity contribution < 1.29 is 13.9 Å². The van der Waals surface area contributed by atoms with Crippen LogP contribution in [0, 0.1) is 19.7 Å². The van der Waals surface area contributed by atoms with Crippen molar-refractivity contribution in [2.24, 2.45) is 0 Å². The predicted molar refractivity (Wildman–Crippen MR) is 109 cm³/mol. The Hall–Kier alpha value is -3.60. The fourth-order valence-corrected chi connectivity index (χ4v) is 3.08. The molecule has 0 unspecified atom stereocenters. The molecular formula is C23H19FN2O2. The molecule has 0 spiro atoms. The minimum absolute atomic E-state index is 0.287. The average Bonchev–Trinajstić information content (AvgIpc) is 2.98. The van der Waals surface area contributed by atoms with Gasteiger partial charge in [0.1, 0.15) is 17.3 Å². The van der Waals surface area contributed by atoms with Gasteiger partial charge in [0.15, 0.2) is 0 Å². The minimum Gasteiger partial charge on any atom is -0.457 e. The summed E-state index contributed by atoms with van der Waals surface area (Å²) in [7, 11) is 0. The number of H-pyrrole nitrogens is 1. The third-order valence-corrected chi connectivity index (χ3v) is 4.71. The van der Waals surface area contributed by atoms with E-state index >= 15 is 0 Å². The van der Waals surface area contributed by atoms with Gasteiger partial charge in [0.25, 0.3) is 5.91 Å². The summed E-state index contributed by atoms with van der Waals surface area (Å²) in [6.45, 7) is 4.11. The van der Waals surface area contributed by atoms with Crippen molar-refractivity contribution in [1.29, 1.82) is 0 Å². The van der Waals surface area contributed by atoms with Gasteiger partial charge in [0, 0.05) is 27.8 Å². The van der Waals surface area contributed by atoms with Crippen LogP contribution in [-0.4, -0.2) is 10.9 Å². The van der Waals surface area contributed by atoms with Crippen LogP contribution in [0.2, 0.25) is 0 Å². The highest BCUT2D eigenvalue weighted by Gasteiger charge is 2.10. The lowest BCUT2D eigenvalue weighted by atomic mass is 10.1. The Balaban J connectivity index is 1.54. The van der Waals surface area contributed by atoms with E-state index in [-0.39, 0.29) is 11.7 Å². The highest BCUT2D eigenvalue weighted by Crippen LogP contribution is 2.29. The number of ether oxygens (including phenoxy) is 1. The van der Waals surface area contributed by atoms with Gasteiger partial charge < -0.3 is 15.0 Å². The van der Waals surface area contributed by atoms with E-state index in [1.54, 1.807) is 24.3 Å². The number of fused-ring (bicyclic) bond motifs is 1. The van der Waals surface area contributed by atoms with Crippen LogP contribution < -0.4 is 10.1 Å². The largest absolute Gasteiger partial charge is 0.457 e. The Morgan fingerprint density at radius 2 is 1.71 bits per heavy atom. The molecule has 1 aromatic heterocycles. The second-order valence-electron chi connectivity index (χ2n) is 6.67. The molecule has 4 nitrogen and oxygen atoms in total. The van der Waals surface area contributed by atoms with Gasteiger partial charge in [-0.2, -0.15) is 0 Å². The van der Waals surface area contributed by atoms with E-state index < -0.39 is 0 Å². The minimum atomic E-state index is -0.349. The molecule has 0 atom stereocenters. The van der Waals surface area contributed by atoms with Gasteiger partial charge >= 0.3 is 0 Å². The first-order valence-corrected chi connectivity index (χ1v) is 8.93. The molecule has 4 aromatic rings. The summed E-state index contributed by atoms with van der Waals surface area (Å²) in [6.07, 6.45) is 0. The summed E-state index contributed by atoms with van der Waals surface area (Å²) >= 11 is 0. The summed E-state index contributed by atoms with van der Waals surface area (Å²) < 4.78 is 19.0. The number of aryl methyl sites for hydroxylation is 2. The molecule has 4 rings (SSSR count). The number of hydrogen-bond acceptors (Lipinski definition) is 2. The first kappa shape index (κ1) is 17.8. The van der Waals surface area contributed by atoms with E-state index in [9.17, 15) is 9.18 Å². The van der Waals surface area contributed by atoms with Crippen molar-refractivity contribution in [1.82, 2.24) is 4.98 Å². The standard InChI is InChI=1S/C23H19FN2O2/c1-14-15(2)25-22-11-10-20(13-21(14)22)28-19-5-3-4-16(12-19)23(27)26-18-8-6-17(24)7-9-18/h3-13,25H,1-2H3,(H,26,27). The van der Waals surface area contributed by atoms with Gasteiger partial charge in [0.05, 0.1) is 0 Å². The number of rotatable bonds is 4. The summed E-state index contributed by atoms with van der Waals surface area (Å²) in [5, 5.41) is 3.86. The number of halogens is 1. The quantitative estimate of drug-likeness (QED) is 0.462. The van der Waals surface area contributed by atoms with Crippen molar-refractivity contribution >= 4 is 22.5 Å². The molecule has 0 saturated carbocycles. The zero-order valence-electron chi connectivity index (χ0n) is 15.5. The molecule has 1 heterocycles. The summed E-state index contributed by atoms with van der Waals surface area (Å²) in [4.78, 5) is 15.8. The molecule has 140 valence electrons. The van der Waals surface area contributed by atoms with Crippen molar-refractivity contribution in [2.75, 3.05) is 5.32 Å².